The van der Waals surface area contributed by atoms with Gasteiger partial charge in [-0.05, 0) is 61.4 Å². The van der Waals surface area contributed by atoms with E-state index < -0.39 is 0 Å². The molecule has 2 aliphatic heterocycles. The first-order chi connectivity index (χ1) is 12.3. The van der Waals surface area contributed by atoms with Crippen molar-refractivity contribution in [2.45, 2.75) is 32.1 Å². The molecule has 130 valence electrons. The maximum Gasteiger partial charge on any atom is 0.253 e. The number of amides is 1. The van der Waals surface area contributed by atoms with E-state index >= 15 is 0 Å². The number of fused-ring (bicyclic) bond motifs is 1. The predicted molar refractivity (Wildman–Crippen MR) is 99.0 cm³/mol. The van der Waals surface area contributed by atoms with Gasteiger partial charge >= 0.3 is 0 Å². The molecule has 0 bridgehead atoms. The molecule has 4 rings (SSSR count). The van der Waals surface area contributed by atoms with Crippen LogP contribution < -0.4 is 4.74 Å². The van der Waals surface area contributed by atoms with E-state index in [4.69, 9.17) is 4.74 Å². The van der Waals surface area contributed by atoms with Crippen molar-refractivity contribution in [2.24, 2.45) is 5.92 Å². The number of carbonyl (C=O) groups excluding carboxylic acids is 1. The Morgan fingerprint density at radius 3 is 2.56 bits per heavy atom. The molecular weight excluding hydrogens is 310 g/mol. The normalized spacial score (nSPS) is 19.8. The summed E-state index contributed by atoms with van der Waals surface area (Å²) in [6, 6.07) is 16.5. The van der Waals surface area contributed by atoms with Gasteiger partial charge in [-0.15, -0.1) is 0 Å². The molecule has 1 atom stereocenters. The average Bonchev–Trinajstić information content (AvgIpc) is 2.69. The molecule has 0 spiro atoms. The second-order valence-corrected chi connectivity index (χ2v) is 7.24. The zero-order chi connectivity index (χ0) is 17.1. The van der Waals surface area contributed by atoms with Gasteiger partial charge in [0.2, 0.25) is 0 Å². The van der Waals surface area contributed by atoms with Crippen LogP contribution in [0.1, 0.15) is 40.7 Å². The van der Waals surface area contributed by atoms with Gasteiger partial charge in [-0.2, -0.15) is 0 Å². The maximum absolute atomic E-state index is 12.5. The number of carbonyl (C=O) groups is 1. The Labute approximate surface area is 149 Å². The van der Waals surface area contributed by atoms with Crippen LogP contribution in [0.3, 0.4) is 0 Å². The molecule has 1 amide bonds. The molecule has 2 aliphatic rings. The van der Waals surface area contributed by atoms with Crippen molar-refractivity contribution in [3.8, 4) is 5.75 Å². The summed E-state index contributed by atoms with van der Waals surface area (Å²) in [5.74, 6) is 1.71. The third kappa shape index (κ3) is 3.71. The number of ether oxygens (including phenoxy) is 1. The van der Waals surface area contributed by atoms with E-state index in [9.17, 15) is 4.79 Å². The fraction of sp³-hybridized carbons (Fsp3) is 0.409. The molecule has 25 heavy (non-hydrogen) atoms. The molecule has 3 heteroatoms. The molecule has 2 heterocycles. The number of piperidine rings is 1. The van der Waals surface area contributed by atoms with Gasteiger partial charge in [0.15, 0.2) is 0 Å². The first-order valence-electron chi connectivity index (χ1n) is 9.38. The largest absolute Gasteiger partial charge is 0.493 e. The van der Waals surface area contributed by atoms with Gasteiger partial charge in [0, 0.05) is 24.6 Å². The van der Waals surface area contributed by atoms with Crippen LogP contribution in [-0.2, 0) is 12.8 Å². The van der Waals surface area contributed by atoms with E-state index in [1.807, 2.05) is 29.2 Å². The molecular formula is C22H25NO2. The highest BCUT2D eigenvalue weighted by molar-refractivity contribution is 5.94. The minimum Gasteiger partial charge on any atom is -0.493 e. The molecule has 1 saturated heterocycles. The Morgan fingerprint density at radius 2 is 1.76 bits per heavy atom. The van der Waals surface area contributed by atoms with Gasteiger partial charge in [-0.25, -0.2) is 0 Å². The number of likely N-dealkylation sites (tertiary alicyclic amines) is 1. The van der Waals surface area contributed by atoms with Gasteiger partial charge < -0.3 is 9.64 Å². The van der Waals surface area contributed by atoms with E-state index in [0.29, 0.717) is 5.92 Å². The van der Waals surface area contributed by atoms with Crippen molar-refractivity contribution in [3.05, 3.63) is 65.2 Å². The first-order valence-corrected chi connectivity index (χ1v) is 9.38. The summed E-state index contributed by atoms with van der Waals surface area (Å²) in [7, 11) is 0. The van der Waals surface area contributed by atoms with Crippen LogP contribution in [0.4, 0.5) is 0 Å². The van der Waals surface area contributed by atoms with Crippen molar-refractivity contribution in [1.82, 2.24) is 4.90 Å². The molecule has 1 fully saturated rings. The molecule has 0 unspecified atom stereocenters. The fourth-order valence-electron chi connectivity index (χ4n) is 3.92. The Kier molecular flexibility index (Phi) is 4.73. The van der Waals surface area contributed by atoms with Crippen LogP contribution in [-0.4, -0.2) is 30.5 Å². The van der Waals surface area contributed by atoms with E-state index in [-0.39, 0.29) is 5.91 Å². The highest BCUT2D eigenvalue weighted by Crippen LogP contribution is 2.28. The van der Waals surface area contributed by atoms with Crippen molar-refractivity contribution < 1.29 is 9.53 Å². The van der Waals surface area contributed by atoms with Gasteiger partial charge in [-0.1, -0.05) is 30.3 Å². The molecule has 0 N–H and O–H groups in total. The number of nitrogens with zero attached hydrogens (tertiary/aromatic N) is 1. The van der Waals surface area contributed by atoms with E-state index in [0.717, 1.165) is 56.7 Å². The lowest BCUT2D eigenvalue weighted by Gasteiger charge is -2.27. The molecule has 0 radical (unpaired) electrons. The van der Waals surface area contributed by atoms with Gasteiger partial charge in [-0.3, -0.25) is 4.79 Å². The SMILES string of the molecule is O=C(c1ccc(C[C@@H]2COc3ccccc3C2)cc1)N1CCCCC1. The van der Waals surface area contributed by atoms with E-state index in [1.165, 1.54) is 17.5 Å². The van der Waals surface area contributed by atoms with Crippen LogP contribution >= 0.6 is 0 Å². The molecule has 2 aromatic carbocycles. The van der Waals surface area contributed by atoms with Gasteiger partial charge in [0.05, 0.1) is 6.61 Å². The number of benzene rings is 2. The zero-order valence-electron chi connectivity index (χ0n) is 14.6. The van der Waals surface area contributed by atoms with Crippen molar-refractivity contribution in [1.29, 1.82) is 0 Å². The molecule has 2 aromatic rings. The summed E-state index contributed by atoms with van der Waals surface area (Å²) in [6.07, 6.45) is 5.56. The summed E-state index contributed by atoms with van der Waals surface area (Å²) in [5, 5.41) is 0. The maximum atomic E-state index is 12.5. The lowest BCUT2D eigenvalue weighted by molar-refractivity contribution is 0.0724. The van der Waals surface area contributed by atoms with E-state index in [1.54, 1.807) is 0 Å². The highest BCUT2D eigenvalue weighted by atomic mass is 16.5. The summed E-state index contributed by atoms with van der Waals surface area (Å²) in [6.45, 7) is 2.57. The quantitative estimate of drug-likeness (QED) is 0.845. The summed E-state index contributed by atoms with van der Waals surface area (Å²) < 4.78 is 5.89. The Hall–Kier alpha value is -2.29. The number of hydrogen-bond donors (Lipinski definition) is 0. The van der Waals surface area contributed by atoms with Crippen LogP contribution in [0, 0.1) is 5.92 Å². The molecule has 0 aromatic heterocycles. The Morgan fingerprint density at radius 1 is 1.00 bits per heavy atom. The molecule has 3 nitrogen and oxygen atoms in total. The standard InChI is InChI=1S/C22H25NO2/c24-22(23-12-4-1-5-13-23)19-10-8-17(9-11-19)14-18-15-20-6-2-3-7-21(20)25-16-18/h2-3,6-11,18H,1,4-5,12-16H2/t18-/m0/s1. The van der Waals surface area contributed by atoms with Crippen molar-refractivity contribution in [3.63, 3.8) is 0 Å². The lowest BCUT2D eigenvalue weighted by Crippen LogP contribution is -2.35. The van der Waals surface area contributed by atoms with Gasteiger partial charge in [0.25, 0.3) is 5.91 Å². The topological polar surface area (TPSA) is 29.5 Å². The second-order valence-electron chi connectivity index (χ2n) is 7.24. The summed E-state index contributed by atoms with van der Waals surface area (Å²) in [4.78, 5) is 14.5. The van der Waals surface area contributed by atoms with E-state index in [2.05, 4.69) is 24.3 Å². The van der Waals surface area contributed by atoms with Crippen molar-refractivity contribution in [2.75, 3.05) is 19.7 Å². The third-order valence-electron chi connectivity index (χ3n) is 5.32. The first kappa shape index (κ1) is 16.2. The van der Waals surface area contributed by atoms with Crippen LogP contribution in [0.5, 0.6) is 5.75 Å². The number of rotatable bonds is 3. The number of para-hydroxylation sites is 1. The average molecular weight is 335 g/mol. The fourth-order valence-corrected chi connectivity index (χ4v) is 3.92. The second kappa shape index (κ2) is 7.30. The minimum absolute atomic E-state index is 0.182. The van der Waals surface area contributed by atoms with Crippen LogP contribution in [0.15, 0.2) is 48.5 Å². The smallest absolute Gasteiger partial charge is 0.253 e. The lowest BCUT2D eigenvalue weighted by atomic mass is 9.91. The minimum atomic E-state index is 0.182. The predicted octanol–water partition coefficient (Wildman–Crippen LogP) is 4.11. The van der Waals surface area contributed by atoms with Crippen molar-refractivity contribution >= 4 is 5.91 Å². The molecule has 0 saturated carbocycles. The Balaban J connectivity index is 1.38. The summed E-state index contributed by atoms with van der Waals surface area (Å²) >= 11 is 0. The third-order valence-corrected chi connectivity index (χ3v) is 5.32. The highest BCUT2D eigenvalue weighted by Gasteiger charge is 2.21. The van der Waals surface area contributed by atoms with Crippen LogP contribution in [0.25, 0.3) is 0 Å². The van der Waals surface area contributed by atoms with Crippen LogP contribution in [0.2, 0.25) is 0 Å². The number of hydrogen-bond acceptors (Lipinski definition) is 2. The molecule has 0 aliphatic carbocycles. The summed E-state index contributed by atoms with van der Waals surface area (Å²) in [5.41, 5.74) is 3.40. The zero-order valence-corrected chi connectivity index (χ0v) is 14.6. The monoisotopic (exact) mass is 335 g/mol. The Bertz CT molecular complexity index is 732. The van der Waals surface area contributed by atoms with Gasteiger partial charge in [0.1, 0.15) is 5.75 Å².